The number of benzene rings is 2. The molecule has 2 aromatic carbocycles. The second-order valence-electron chi connectivity index (χ2n) is 4.51. The van der Waals surface area contributed by atoms with Gasteiger partial charge in [0.25, 0.3) is 0 Å². The fraction of sp³-hybridized carbons (Fsp3) is 0.125. The van der Waals surface area contributed by atoms with Gasteiger partial charge in [-0.3, -0.25) is 0 Å². The van der Waals surface area contributed by atoms with Gasteiger partial charge in [0.05, 0.1) is 12.7 Å². The Morgan fingerprint density at radius 3 is 2.73 bits per heavy atom. The zero-order valence-corrected chi connectivity index (χ0v) is 12.7. The first-order valence-corrected chi connectivity index (χ1v) is 6.97. The monoisotopic (exact) mass is 318 g/mol. The maximum absolute atomic E-state index is 13.1. The molecule has 0 radical (unpaired) electrons. The minimum atomic E-state index is -0.415. The van der Waals surface area contributed by atoms with Gasteiger partial charge in [-0.15, -0.1) is 0 Å². The SMILES string of the molecule is COC(=O)c1cccc(NC(=S)NCc2cccc(F)c2)c1. The summed E-state index contributed by atoms with van der Waals surface area (Å²) in [5.41, 5.74) is 1.88. The number of nitrogens with one attached hydrogen (secondary N) is 2. The zero-order chi connectivity index (χ0) is 15.9. The second-order valence-corrected chi connectivity index (χ2v) is 4.92. The maximum atomic E-state index is 13.1. The Hall–Kier alpha value is -2.47. The van der Waals surface area contributed by atoms with Crippen molar-refractivity contribution in [3.05, 3.63) is 65.5 Å². The van der Waals surface area contributed by atoms with Gasteiger partial charge in [-0.05, 0) is 48.1 Å². The number of esters is 1. The summed E-state index contributed by atoms with van der Waals surface area (Å²) >= 11 is 5.17. The van der Waals surface area contributed by atoms with Crippen molar-refractivity contribution >= 4 is 29.0 Å². The molecule has 114 valence electrons. The summed E-state index contributed by atoms with van der Waals surface area (Å²) < 4.78 is 17.7. The summed E-state index contributed by atoms with van der Waals surface area (Å²) in [5, 5.41) is 6.32. The molecule has 2 rings (SSSR count). The van der Waals surface area contributed by atoms with Crippen molar-refractivity contribution in [2.45, 2.75) is 6.54 Å². The third-order valence-corrected chi connectivity index (χ3v) is 3.13. The van der Waals surface area contributed by atoms with E-state index in [1.54, 1.807) is 36.4 Å². The number of carbonyl (C=O) groups is 1. The molecule has 0 amide bonds. The van der Waals surface area contributed by atoms with Crippen LogP contribution in [-0.2, 0) is 11.3 Å². The van der Waals surface area contributed by atoms with Crippen LogP contribution >= 0.6 is 12.2 Å². The van der Waals surface area contributed by atoms with Gasteiger partial charge < -0.3 is 15.4 Å². The number of methoxy groups -OCH3 is 1. The first-order valence-electron chi connectivity index (χ1n) is 6.56. The molecular weight excluding hydrogens is 303 g/mol. The summed E-state index contributed by atoms with van der Waals surface area (Å²) in [4.78, 5) is 11.5. The predicted octanol–water partition coefficient (Wildman–Crippen LogP) is 3.10. The number of anilines is 1. The van der Waals surface area contributed by atoms with Crippen LogP contribution < -0.4 is 10.6 Å². The van der Waals surface area contributed by atoms with Crippen molar-refractivity contribution in [3.8, 4) is 0 Å². The molecule has 22 heavy (non-hydrogen) atoms. The van der Waals surface area contributed by atoms with Gasteiger partial charge in [0, 0.05) is 12.2 Å². The predicted molar refractivity (Wildman–Crippen MR) is 87.2 cm³/mol. The topological polar surface area (TPSA) is 50.4 Å². The number of hydrogen-bond donors (Lipinski definition) is 2. The minimum Gasteiger partial charge on any atom is -0.465 e. The molecule has 2 aromatic rings. The van der Waals surface area contributed by atoms with E-state index in [4.69, 9.17) is 12.2 Å². The highest BCUT2D eigenvalue weighted by Gasteiger charge is 2.06. The lowest BCUT2D eigenvalue weighted by molar-refractivity contribution is 0.0601. The Morgan fingerprint density at radius 2 is 2.00 bits per heavy atom. The van der Waals surface area contributed by atoms with Gasteiger partial charge in [-0.1, -0.05) is 18.2 Å². The van der Waals surface area contributed by atoms with E-state index in [1.165, 1.54) is 19.2 Å². The summed E-state index contributed by atoms with van der Waals surface area (Å²) in [6.07, 6.45) is 0. The van der Waals surface area contributed by atoms with Gasteiger partial charge in [0.1, 0.15) is 5.82 Å². The lowest BCUT2D eigenvalue weighted by Crippen LogP contribution is -2.28. The van der Waals surface area contributed by atoms with E-state index in [0.29, 0.717) is 22.9 Å². The molecule has 4 nitrogen and oxygen atoms in total. The summed E-state index contributed by atoms with van der Waals surface area (Å²) in [5.74, 6) is -0.703. The molecule has 0 aliphatic heterocycles. The first kappa shape index (κ1) is 15.9. The van der Waals surface area contributed by atoms with Crippen molar-refractivity contribution in [2.24, 2.45) is 0 Å². The fourth-order valence-electron chi connectivity index (χ4n) is 1.85. The highest BCUT2D eigenvalue weighted by molar-refractivity contribution is 7.80. The molecule has 0 fully saturated rings. The lowest BCUT2D eigenvalue weighted by atomic mass is 10.2. The molecule has 0 spiro atoms. The van der Waals surface area contributed by atoms with E-state index in [-0.39, 0.29) is 5.82 Å². The Labute approximate surface area is 133 Å². The molecular formula is C16H15FN2O2S. The fourth-order valence-corrected chi connectivity index (χ4v) is 2.04. The van der Waals surface area contributed by atoms with Crippen LogP contribution in [0.3, 0.4) is 0 Å². The molecule has 0 heterocycles. The molecule has 0 bridgehead atoms. The number of thiocarbonyl (C=S) groups is 1. The number of hydrogen-bond acceptors (Lipinski definition) is 3. The number of carbonyl (C=O) groups excluding carboxylic acids is 1. The van der Waals surface area contributed by atoms with Crippen LogP contribution in [-0.4, -0.2) is 18.2 Å². The van der Waals surface area contributed by atoms with E-state index in [2.05, 4.69) is 15.4 Å². The number of ether oxygens (including phenoxy) is 1. The number of halogens is 1. The third-order valence-electron chi connectivity index (χ3n) is 2.88. The van der Waals surface area contributed by atoms with Crippen LogP contribution in [0.5, 0.6) is 0 Å². The van der Waals surface area contributed by atoms with Gasteiger partial charge in [0.2, 0.25) is 0 Å². The number of rotatable bonds is 4. The Balaban J connectivity index is 1.93. The lowest BCUT2D eigenvalue weighted by Gasteiger charge is -2.11. The van der Waals surface area contributed by atoms with Crippen LogP contribution in [0.25, 0.3) is 0 Å². The van der Waals surface area contributed by atoms with Crippen LogP contribution in [0.4, 0.5) is 10.1 Å². The second kappa shape index (κ2) is 7.51. The van der Waals surface area contributed by atoms with E-state index >= 15 is 0 Å². The van der Waals surface area contributed by atoms with E-state index in [1.807, 2.05) is 0 Å². The normalized spacial score (nSPS) is 9.91. The van der Waals surface area contributed by atoms with E-state index in [0.717, 1.165) is 5.56 Å². The summed E-state index contributed by atoms with van der Waals surface area (Å²) in [6, 6.07) is 13.1. The van der Waals surface area contributed by atoms with Gasteiger partial charge >= 0.3 is 5.97 Å². The molecule has 0 saturated heterocycles. The Bertz CT molecular complexity index is 691. The first-order chi connectivity index (χ1) is 10.6. The Morgan fingerprint density at radius 1 is 1.23 bits per heavy atom. The average molecular weight is 318 g/mol. The van der Waals surface area contributed by atoms with Crippen LogP contribution in [0, 0.1) is 5.82 Å². The standard InChI is InChI=1S/C16H15FN2O2S/c1-21-15(20)12-5-3-7-14(9-12)19-16(22)18-10-11-4-2-6-13(17)8-11/h2-9H,10H2,1H3,(H2,18,19,22). The van der Waals surface area contributed by atoms with E-state index in [9.17, 15) is 9.18 Å². The highest BCUT2D eigenvalue weighted by atomic mass is 32.1. The molecule has 0 atom stereocenters. The van der Waals surface area contributed by atoms with Crippen molar-refractivity contribution in [1.29, 1.82) is 0 Å². The minimum absolute atomic E-state index is 0.288. The molecule has 0 unspecified atom stereocenters. The van der Waals surface area contributed by atoms with Crippen LogP contribution in [0.15, 0.2) is 48.5 Å². The zero-order valence-electron chi connectivity index (χ0n) is 11.9. The molecule has 0 aromatic heterocycles. The van der Waals surface area contributed by atoms with Crippen molar-refractivity contribution in [3.63, 3.8) is 0 Å². The van der Waals surface area contributed by atoms with Crippen LogP contribution in [0.2, 0.25) is 0 Å². The van der Waals surface area contributed by atoms with Gasteiger partial charge in [-0.25, -0.2) is 9.18 Å². The van der Waals surface area contributed by atoms with Crippen molar-refractivity contribution < 1.29 is 13.9 Å². The third kappa shape index (κ3) is 4.53. The largest absolute Gasteiger partial charge is 0.465 e. The smallest absolute Gasteiger partial charge is 0.337 e. The van der Waals surface area contributed by atoms with Crippen LogP contribution in [0.1, 0.15) is 15.9 Å². The van der Waals surface area contributed by atoms with Gasteiger partial charge in [-0.2, -0.15) is 0 Å². The average Bonchev–Trinajstić information content (AvgIpc) is 2.52. The van der Waals surface area contributed by atoms with E-state index < -0.39 is 5.97 Å². The molecule has 2 N–H and O–H groups in total. The van der Waals surface area contributed by atoms with Gasteiger partial charge in [0.15, 0.2) is 5.11 Å². The quantitative estimate of drug-likeness (QED) is 0.670. The molecule has 0 aliphatic rings. The maximum Gasteiger partial charge on any atom is 0.337 e. The summed E-state index contributed by atoms with van der Waals surface area (Å²) in [6.45, 7) is 0.403. The molecule has 0 saturated carbocycles. The molecule has 6 heteroatoms. The Kier molecular flexibility index (Phi) is 5.43. The highest BCUT2D eigenvalue weighted by Crippen LogP contribution is 2.11. The van der Waals surface area contributed by atoms with Crippen molar-refractivity contribution in [2.75, 3.05) is 12.4 Å². The molecule has 0 aliphatic carbocycles. The van der Waals surface area contributed by atoms with Crippen molar-refractivity contribution in [1.82, 2.24) is 5.32 Å². The summed E-state index contributed by atoms with van der Waals surface area (Å²) in [7, 11) is 1.33.